The Hall–Kier alpha value is -5.02. The second-order valence-electron chi connectivity index (χ2n) is 16.7. The lowest BCUT2D eigenvalue weighted by atomic mass is 9.64. The number of hydrogen-bond donors (Lipinski definition) is 2. The van der Waals surface area contributed by atoms with Gasteiger partial charge in [-0.1, -0.05) is 112 Å². The number of nitrogens with zero attached hydrogens (tertiary/aromatic N) is 1. The van der Waals surface area contributed by atoms with Crippen molar-refractivity contribution in [1.82, 2.24) is 0 Å². The van der Waals surface area contributed by atoms with Crippen LogP contribution in [0.15, 0.2) is 115 Å². The topological polar surface area (TPSA) is 96.3 Å². The van der Waals surface area contributed by atoms with Crippen molar-refractivity contribution in [2.75, 3.05) is 11.5 Å². The highest BCUT2D eigenvalue weighted by Crippen LogP contribution is 2.60. The zero-order chi connectivity index (χ0) is 42.3. The molecule has 308 valence electrons. The zero-order valence-corrected chi connectivity index (χ0v) is 33.2. The molecule has 3 fully saturated rings. The molecule has 2 heterocycles. The number of halogens is 6. The van der Waals surface area contributed by atoms with E-state index in [0.717, 1.165) is 10.4 Å². The Morgan fingerprint density at radius 3 is 1.83 bits per heavy atom. The monoisotopic (exact) mass is 833 g/mol. The average molecular weight is 834 g/mol. The van der Waals surface area contributed by atoms with Crippen LogP contribution in [0, 0.1) is 23.7 Å². The number of carbonyl (C=O) groups excluding carboxylic acids is 2. The van der Waals surface area contributed by atoms with Crippen LogP contribution in [0.5, 0.6) is 5.75 Å². The number of alkyl halides is 6. The van der Waals surface area contributed by atoms with Crippen LogP contribution >= 0.6 is 0 Å². The van der Waals surface area contributed by atoms with Gasteiger partial charge >= 0.3 is 12.4 Å². The quantitative estimate of drug-likeness (QED) is 0.0968. The number of aromatic hydroxyl groups is 1. The Labute approximate surface area is 337 Å². The normalized spacial score (nSPS) is 25.1. The van der Waals surface area contributed by atoms with Crippen molar-refractivity contribution >= 4 is 47.0 Å². The number of rotatable bonds is 7. The number of benzene rings is 5. The smallest absolute Gasteiger partial charge is 0.416 e. The molecule has 2 N–H and O–H groups in total. The third-order valence-corrected chi connectivity index (χ3v) is 17.4. The summed E-state index contributed by atoms with van der Waals surface area (Å²) in [4.78, 5) is 29.4. The van der Waals surface area contributed by atoms with Gasteiger partial charge in [-0.3, -0.25) is 14.5 Å². The van der Waals surface area contributed by atoms with E-state index < -0.39 is 89.9 Å². The molecule has 3 aliphatic rings. The van der Waals surface area contributed by atoms with Gasteiger partial charge in [0.1, 0.15) is 5.75 Å². The molecule has 1 saturated carbocycles. The van der Waals surface area contributed by atoms with Gasteiger partial charge in [-0.15, -0.1) is 0 Å². The van der Waals surface area contributed by atoms with Crippen molar-refractivity contribution in [1.29, 1.82) is 0 Å². The van der Waals surface area contributed by atoms with E-state index in [-0.39, 0.29) is 31.3 Å². The minimum atomic E-state index is -5.22. The minimum Gasteiger partial charge on any atom is -0.507 e. The molecule has 2 aliphatic heterocycles. The maximum Gasteiger partial charge on any atom is 0.416 e. The molecule has 1 aliphatic carbocycles. The van der Waals surface area contributed by atoms with Gasteiger partial charge in [-0.05, 0) is 63.5 Å². The number of imide groups is 1. The highest BCUT2D eigenvalue weighted by molar-refractivity contribution is 6.99. The number of ether oxygens (including phenoxy) is 1. The predicted octanol–water partition coefficient (Wildman–Crippen LogP) is 8.75. The van der Waals surface area contributed by atoms with Crippen molar-refractivity contribution in [2.45, 2.75) is 62.9 Å². The Balaban J connectivity index is 1.25. The van der Waals surface area contributed by atoms with Gasteiger partial charge < -0.3 is 19.4 Å². The molecule has 59 heavy (non-hydrogen) atoms. The number of anilines is 1. The van der Waals surface area contributed by atoms with E-state index in [9.17, 15) is 46.1 Å². The van der Waals surface area contributed by atoms with E-state index in [4.69, 9.17) is 9.16 Å². The maximum atomic E-state index is 14.5. The van der Waals surface area contributed by atoms with Gasteiger partial charge in [0.25, 0.3) is 8.32 Å². The number of carbonyl (C=O) groups is 2. The fraction of sp³-hybridized carbons (Fsp3) is 0.333. The molecule has 2 saturated heterocycles. The van der Waals surface area contributed by atoms with E-state index in [0.29, 0.717) is 33.4 Å². The second kappa shape index (κ2) is 14.3. The van der Waals surface area contributed by atoms with E-state index in [1.165, 1.54) is 6.07 Å². The highest BCUT2D eigenvalue weighted by Gasteiger charge is 2.67. The molecule has 0 spiro atoms. The van der Waals surface area contributed by atoms with Gasteiger partial charge in [0.15, 0.2) is 5.79 Å². The lowest BCUT2D eigenvalue weighted by Crippen LogP contribution is -2.67. The molecule has 14 heteroatoms. The summed E-state index contributed by atoms with van der Waals surface area (Å²) in [6, 6.07) is 30.1. The molecule has 0 aromatic heterocycles. The van der Waals surface area contributed by atoms with E-state index in [2.05, 4.69) is 20.8 Å². The van der Waals surface area contributed by atoms with Crippen LogP contribution in [0.3, 0.4) is 0 Å². The standard InChI is InChI=1S/C45H41F6NO6Si/c1-42(2,3)59(30-12-6-4-7-13-30,31-14-8-5-9-15-31)57-25-28-23-35-39(36-24-38(58-43(28,36)56)34-18-19-37(53)33-17-11-10-16-32(33)34)41(55)52(40(35)54)29-21-26(44(46,47)48)20-27(22-29)45(49,50)51/h4-22,28,35-36,38-39,53,56H,23-25H2,1-3H3/t28-,35+,36+,38+,39+,43-/m1/s1. The third-order valence-electron chi connectivity index (χ3n) is 12.4. The number of aliphatic hydroxyl groups is 1. The molecule has 0 unspecified atom stereocenters. The first-order valence-corrected chi connectivity index (χ1v) is 21.2. The number of phenols is 1. The van der Waals surface area contributed by atoms with E-state index in [1.807, 2.05) is 60.7 Å². The lowest BCUT2D eigenvalue weighted by Gasteiger charge is -2.48. The summed E-state index contributed by atoms with van der Waals surface area (Å²) < 4.78 is 98.0. The van der Waals surface area contributed by atoms with Crippen LogP contribution in [0.25, 0.3) is 10.8 Å². The van der Waals surface area contributed by atoms with Crippen LogP contribution in [0.1, 0.15) is 56.4 Å². The van der Waals surface area contributed by atoms with Gasteiger partial charge in [0.05, 0.1) is 34.8 Å². The van der Waals surface area contributed by atoms with Crippen molar-refractivity contribution in [2.24, 2.45) is 23.7 Å². The fourth-order valence-corrected chi connectivity index (χ4v) is 14.4. The Morgan fingerprint density at radius 2 is 1.29 bits per heavy atom. The van der Waals surface area contributed by atoms with E-state index in [1.54, 1.807) is 30.3 Å². The molecular formula is C45H41F6NO6Si. The summed E-state index contributed by atoms with van der Waals surface area (Å²) >= 11 is 0. The van der Waals surface area contributed by atoms with Gasteiger partial charge in [0.2, 0.25) is 11.8 Å². The second-order valence-corrected chi connectivity index (χ2v) is 21.0. The summed E-state index contributed by atoms with van der Waals surface area (Å²) in [6.07, 6.45) is -11.6. The summed E-state index contributed by atoms with van der Waals surface area (Å²) in [5.74, 6) is -8.86. The van der Waals surface area contributed by atoms with Crippen LogP contribution in [-0.2, 0) is 31.1 Å². The van der Waals surface area contributed by atoms with Crippen molar-refractivity contribution in [3.8, 4) is 5.75 Å². The molecule has 0 bridgehead atoms. The Kier molecular flexibility index (Phi) is 9.89. The third kappa shape index (κ3) is 6.73. The van der Waals surface area contributed by atoms with Crippen LogP contribution in [0.2, 0.25) is 5.04 Å². The fourth-order valence-electron chi connectivity index (χ4n) is 9.76. The summed E-state index contributed by atoms with van der Waals surface area (Å²) in [7, 11) is -3.28. The Bertz CT molecular complexity index is 2350. The summed E-state index contributed by atoms with van der Waals surface area (Å²) in [5.41, 5.74) is -3.63. The number of amides is 2. The molecule has 5 aromatic rings. The van der Waals surface area contributed by atoms with Crippen molar-refractivity contribution in [3.63, 3.8) is 0 Å². The van der Waals surface area contributed by atoms with Crippen molar-refractivity contribution in [3.05, 3.63) is 132 Å². The molecule has 2 amide bonds. The van der Waals surface area contributed by atoms with Crippen LogP contribution in [0.4, 0.5) is 32.0 Å². The SMILES string of the molecule is CC(C)(C)[Si](OC[C@H]1C[C@@H]2C(=O)N(c3cc(C(F)(F)F)cc(C(F)(F)F)c3)C(=O)[C@@H]2[C@@H]2C[C@@H](c3ccc(O)c4ccccc34)O[C@]12O)(c1ccccc1)c1ccccc1. The predicted molar refractivity (Wildman–Crippen MR) is 210 cm³/mol. The first kappa shape index (κ1) is 40.7. The summed E-state index contributed by atoms with van der Waals surface area (Å²) in [6.45, 7) is 6.02. The maximum absolute atomic E-state index is 14.5. The Morgan fingerprint density at radius 1 is 0.746 bits per heavy atom. The summed E-state index contributed by atoms with van der Waals surface area (Å²) in [5, 5.41) is 26.1. The molecule has 8 rings (SSSR count). The average Bonchev–Trinajstić information content (AvgIpc) is 3.67. The molecule has 0 radical (unpaired) electrons. The number of hydrogen-bond acceptors (Lipinski definition) is 6. The van der Waals surface area contributed by atoms with E-state index >= 15 is 0 Å². The van der Waals surface area contributed by atoms with Gasteiger partial charge in [0, 0.05) is 23.8 Å². The first-order valence-electron chi connectivity index (χ1n) is 19.3. The first-order chi connectivity index (χ1) is 27.8. The zero-order valence-electron chi connectivity index (χ0n) is 32.2. The number of fused-ring (bicyclic) bond motifs is 4. The highest BCUT2D eigenvalue weighted by atomic mass is 28.4. The minimum absolute atomic E-state index is 0.00152. The van der Waals surface area contributed by atoms with Crippen LogP contribution < -0.4 is 15.3 Å². The molecular weight excluding hydrogens is 793 g/mol. The molecule has 7 nitrogen and oxygen atoms in total. The van der Waals surface area contributed by atoms with Gasteiger partial charge in [-0.2, -0.15) is 26.3 Å². The van der Waals surface area contributed by atoms with Crippen molar-refractivity contribution < 1.29 is 55.3 Å². The van der Waals surface area contributed by atoms with Crippen LogP contribution in [-0.4, -0.2) is 42.7 Å². The molecule has 5 aromatic carbocycles. The molecule has 6 atom stereocenters. The van der Waals surface area contributed by atoms with Gasteiger partial charge in [-0.25, -0.2) is 0 Å². The largest absolute Gasteiger partial charge is 0.507 e. The lowest BCUT2D eigenvalue weighted by molar-refractivity contribution is -0.273. The number of phenolic OH excluding ortho intramolecular Hbond substituents is 1.